The van der Waals surface area contributed by atoms with Crippen molar-refractivity contribution < 1.29 is 18.1 Å². The van der Waals surface area contributed by atoms with Crippen LogP contribution >= 0.6 is 0 Å². The third-order valence-electron chi connectivity index (χ3n) is 5.96. The number of aromatic nitrogens is 2. The molecule has 1 aromatic heterocycles. The SMILES string of the molecule is CC1=C(c2nc(-c3cccc(F)c3)no2)C(c2ccc(F)cc2)NC(=O)N1Cc1cccc(C)c1. The largest absolute Gasteiger partial charge is 0.334 e. The van der Waals surface area contributed by atoms with Crippen molar-refractivity contribution in [3.8, 4) is 11.4 Å². The smallest absolute Gasteiger partial charge is 0.322 e. The van der Waals surface area contributed by atoms with Crippen LogP contribution in [0.2, 0.25) is 0 Å². The summed E-state index contributed by atoms with van der Waals surface area (Å²) < 4.78 is 33.0. The van der Waals surface area contributed by atoms with Crippen molar-refractivity contribution >= 4 is 11.6 Å². The molecule has 176 valence electrons. The average Bonchev–Trinajstić information content (AvgIpc) is 3.32. The van der Waals surface area contributed by atoms with E-state index >= 15 is 0 Å². The van der Waals surface area contributed by atoms with Gasteiger partial charge >= 0.3 is 6.03 Å². The monoisotopic (exact) mass is 472 g/mol. The third kappa shape index (κ3) is 4.55. The van der Waals surface area contributed by atoms with Gasteiger partial charge in [0.25, 0.3) is 5.89 Å². The van der Waals surface area contributed by atoms with E-state index in [0.717, 1.165) is 11.1 Å². The number of amides is 2. The van der Waals surface area contributed by atoms with Crippen molar-refractivity contribution in [3.05, 3.63) is 113 Å². The van der Waals surface area contributed by atoms with Crippen LogP contribution in [0.3, 0.4) is 0 Å². The Balaban J connectivity index is 1.60. The topological polar surface area (TPSA) is 71.3 Å². The second-order valence-electron chi connectivity index (χ2n) is 8.44. The van der Waals surface area contributed by atoms with Gasteiger partial charge in [0.05, 0.1) is 18.2 Å². The Labute approximate surface area is 200 Å². The van der Waals surface area contributed by atoms with E-state index in [9.17, 15) is 13.6 Å². The molecule has 0 bridgehead atoms. The molecule has 1 unspecified atom stereocenters. The van der Waals surface area contributed by atoms with Crippen LogP contribution in [0, 0.1) is 18.6 Å². The summed E-state index contributed by atoms with van der Waals surface area (Å²) in [4.78, 5) is 19.3. The van der Waals surface area contributed by atoms with Crippen molar-refractivity contribution in [2.75, 3.05) is 0 Å². The molecule has 8 heteroatoms. The Morgan fingerprint density at radius 1 is 0.971 bits per heavy atom. The van der Waals surface area contributed by atoms with E-state index in [4.69, 9.17) is 4.52 Å². The van der Waals surface area contributed by atoms with Crippen LogP contribution in [0.25, 0.3) is 17.0 Å². The molecule has 1 atom stereocenters. The molecule has 4 aromatic rings. The van der Waals surface area contributed by atoms with Crippen molar-refractivity contribution in [3.63, 3.8) is 0 Å². The molecular weight excluding hydrogens is 450 g/mol. The lowest BCUT2D eigenvalue weighted by Gasteiger charge is -2.35. The number of carbonyl (C=O) groups is 1. The van der Waals surface area contributed by atoms with Crippen molar-refractivity contribution in [2.24, 2.45) is 0 Å². The van der Waals surface area contributed by atoms with Crippen molar-refractivity contribution in [1.82, 2.24) is 20.4 Å². The predicted octanol–water partition coefficient (Wildman–Crippen LogP) is 6.02. The molecule has 0 fully saturated rings. The number of nitrogens with one attached hydrogen (secondary N) is 1. The van der Waals surface area contributed by atoms with Gasteiger partial charge in [-0.2, -0.15) is 4.98 Å². The fourth-order valence-corrected chi connectivity index (χ4v) is 4.22. The maximum atomic E-state index is 13.7. The predicted molar refractivity (Wildman–Crippen MR) is 127 cm³/mol. The summed E-state index contributed by atoms with van der Waals surface area (Å²) in [5, 5.41) is 7.03. The minimum absolute atomic E-state index is 0.185. The Kier molecular flexibility index (Phi) is 5.86. The second kappa shape index (κ2) is 9.13. The number of urea groups is 1. The first kappa shape index (κ1) is 22.5. The second-order valence-corrected chi connectivity index (χ2v) is 8.44. The maximum absolute atomic E-state index is 13.7. The van der Waals surface area contributed by atoms with E-state index in [0.29, 0.717) is 28.9 Å². The molecule has 2 amide bonds. The number of hydrogen-bond donors (Lipinski definition) is 1. The highest BCUT2D eigenvalue weighted by Crippen LogP contribution is 2.38. The van der Waals surface area contributed by atoms with Gasteiger partial charge in [0.2, 0.25) is 5.82 Å². The number of rotatable bonds is 5. The number of benzene rings is 3. The van der Waals surface area contributed by atoms with Crippen LogP contribution in [-0.2, 0) is 6.54 Å². The molecule has 0 saturated carbocycles. The normalized spacial score (nSPS) is 15.9. The lowest BCUT2D eigenvalue weighted by Crippen LogP contribution is -2.45. The Bertz CT molecular complexity index is 1430. The summed E-state index contributed by atoms with van der Waals surface area (Å²) in [7, 11) is 0. The minimum Gasteiger partial charge on any atom is -0.334 e. The lowest BCUT2D eigenvalue weighted by molar-refractivity contribution is 0.203. The summed E-state index contributed by atoms with van der Waals surface area (Å²) in [6, 6.07) is 18.7. The number of halogens is 2. The Morgan fingerprint density at radius 2 is 1.74 bits per heavy atom. The number of carbonyl (C=O) groups excluding carboxylic acids is 1. The van der Waals surface area contributed by atoms with Gasteiger partial charge < -0.3 is 9.84 Å². The lowest BCUT2D eigenvalue weighted by atomic mass is 9.94. The Hall–Kier alpha value is -4.33. The molecule has 1 N–H and O–H groups in total. The van der Waals surface area contributed by atoms with Crippen LogP contribution in [0.4, 0.5) is 13.6 Å². The Morgan fingerprint density at radius 3 is 2.49 bits per heavy atom. The third-order valence-corrected chi connectivity index (χ3v) is 5.96. The summed E-state index contributed by atoms with van der Waals surface area (Å²) in [5.41, 5.74) is 4.38. The van der Waals surface area contributed by atoms with Crippen LogP contribution in [0.15, 0.2) is 83.0 Å². The van der Waals surface area contributed by atoms with Gasteiger partial charge in [-0.05, 0) is 49.2 Å². The molecule has 0 saturated heterocycles. The number of aryl methyl sites for hydroxylation is 1. The summed E-state index contributed by atoms with van der Waals surface area (Å²) in [6.45, 7) is 4.14. The highest BCUT2D eigenvalue weighted by Gasteiger charge is 2.35. The van der Waals surface area contributed by atoms with E-state index < -0.39 is 11.9 Å². The number of hydrogen-bond acceptors (Lipinski definition) is 4. The van der Waals surface area contributed by atoms with Gasteiger partial charge in [-0.25, -0.2) is 13.6 Å². The highest BCUT2D eigenvalue weighted by molar-refractivity contribution is 5.86. The molecule has 1 aliphatic rings. The summed E-state index contributed by atoms with van der Waals surface area (Å²) >= 11 is 0. The van der Waals surface area contributed by atoms with Gasteiger partial charge in [0, 0.05) is 11.3 Å². The molecule has 0 radical (unpaired) electrons. The van der Waals surface area contributed by atoms with Gasteiger partial charge in [0.15, 0.2) is 0 Å². The van der Waals surface area contributed by atoms with Crippen LogP contribution in [-0.4, -0.2) is 21.1 Å². The average molecular weight is 472 g/mol. The highest BCUT2D eigenvalue weighted by atomic mass is 19.1. The fraction of sp³-hybridized carbons (Fsp3) is 0.148. The van der Waals surface area contributed by atoms with Crippen molar-refractivity contribution in [2.45, 2.75) is 26.4 Å². The van der Waals surface area contributed by atoms with Gasteiger partial charge in [-0.1, -0.05) is 59.3 Å². The summed E-state index contributed by atoms with van der Waals surface area (Å²) in [5.74, 6) is -0.391. The van der Waals surface area contributed by atoms with Crippen LogP contribution in [0.5, 0.6) is 0 Å². The zero-order valence-electron chi connectivity index (χ0n) is 19.1. The van der Waals surface area contributed by atoms with Gasteiger partial charge in [-0.3, -0.25) is 4.90 Å². The molecule has 1 aliphatic heterocycles. The van der Waals surface area contributed by atoms with E-state index in [2.05, 4.69) is 15.5 Å². The molecule has 5 rings (SSSR count). The molecule has 0 aliphatic carbocycles. The van der Waals surface area contributed by atoms with Crippen LogP contribution < -0.4 is 5.32 Å². The number of nitrogens with zero attached hydrogens (tertiary/aromatic N) is 3. The number of allylic oxidation sites excluding steroid dienone is 1. The molecule has 6 nitrogen and oxygen atoms in total. The first-order chi connectivity index (χ1) is 16.9. The van der Waals surface area contributed by atoms with E-state index in [1.54, 1.807) is 29.2 Å². The first-order valence-electron chi connectivity index (χ1n) is 11.1. The van der Waals surface area contributed by atoms with E-state index in [1.807, 2.05) is 38.1 Å². The molecule has 2 heterocycles. The molecule has 35 heavy (non-hydrogen) atoms. The maximum Gasteiger partial charge on any atom is 0.322 e. The summed E-state index contributed by atoms with van der Waals surface area (Å²) in [6.07, 6.45) is 0. The zero-order chi connectivity index (χ0) is 24.5. The van der Waals surface area contributed by atoms with E-state index in [1.165, 1.54) is 24.3 Å². The standard InChI is InChI=1S/C27H22F2N4O2/c1-16-5-3-6-18(13-16)15-33-17(2)23(24(30-27(33)34)19-9-11-21(28)12-10-19)26-31-25(32-35-26)20-7-4-8-22(29)14-20/h3-14,24H,15H2,1-2H3,(H,30,34). The molecule has 3 aromatic carbocycles. The fourth-order valence-electron chi connectivity index (χ4n) is 4.22. The van der Waals surface area contributed by atoms with Gasteiger partial charge in [0.1, 0.15) is 11.6 Å². The van der Waals surface area contributed by atoms with Crippen LogP contribution in [0.1, 0.15) is 35.5 Å². The quantitative estimate of drug-likeness (QED) is 0.386. The molecular formula is C27H22F2N4O2. The molecule has 0 spiro atoms. The first-order valence-corrected chi connectivity index (χ1v) is 11.1. The van der Waals surface area contributed by atoms with E-state index in [-0.39, 0.29) is 23.6 Å². The zero-order valence-corrected chi connectivity index (χ0v) is 19.1. The van der Waals surface area contributed by atoms with Gasteiger partial charge in [-0.15, -0.1) is 0 Å². The minimum atomic E-state index is -0.641. The van der Waals surface area contributed by atoms with Crippen molar-refractivity contribution in [1.29, 1.82) is 0 Å².